The van der Waals surface area contributed by atoms with Crippen molar-refractivity contribution in [1.82, 2.24) is 10.2 Å². The van der Waals surface area contributed by atoms with Crippen LogP contribution in [-0.4, -0.2) is 16.1 Å². The molecule has 1 heterocycles. The summed E-state index contributed by atoms with van der Waals surface area (Å²) in [5.41, 5.74) is 8.42. The zero-order valence-corrected chi connectivity index (χ0v) is 16.8. The highest BCUT2D eigenvalue weighted by molar-refractivity contribution is 9.10. The van der Waals surface area contributed by atoms with Crippen LogP contribution in [0.1, 0.15) is 36.1 Å². The Labute approximate surface area is 164 Å². The van der Waals surface area contributed by atoms with Gasteiger partial charge < -0.3 is 10.2 Å². The molecule has 7 heteroatoms. The summed E-state index contributed by atoms with van der Waals surface area (Å²) in [6.45, 7) is 4.28. The fourth-order valence-electron chi connectivity index (χ4n) is 2.45. The molecule has 0 aliphatic carbocycles. The van der Waals surface area contributed by atoms with Crippen molar-refractivity contribution < 1.29 is 9.21 Å². The number of aromatic nitrogens is 2. The second-order valence-electron chi connectivity index (χ2n) is 6.11. The van der Waals surface area contributed by atoms with Gasteiger partial charge in [0, 0.05) is 10.0 Å². The van der Waals surface area contributed by atoms with E-state index in [-0.39, 0.29) is 0 Å². The van der Waals surface area contributed by atoms with Gasteiger partial charge >= 0.3 is 0 Å². The number of benzene rings is 2. The number of halogens is 1. The Morgan fingerprint density at radius 1 is 1.12 bits per heavy atom. The molecule has 2 aromatic carbocycles. The number of hydrogen-bond donors (Lipinski definition) is 1. The Kier molecular flexibility index (Phi) is 5.78. The maximum absolute atomic E-state index is 11.9. The molecular formula is C19H18BrN3O2S. The first-order valence-electron chi connectivity index (χ1n) is 8.09. The predicted molar refractivity (Wildman–Crippen MR) is 106 cm³/mol. The van der Waals surface area contributed by atoms with Crippen LogP contribution in [0.15, 0.2) is 62.6 Å². The Hall–Kier alpha value is -2.12. The summed E-state index contributed by atoms with van der Waals surface area (Å²) >= 11 is 4.55. The Morgan fingerprint density at radius 3 is 2.46 bits per heavy atom. The third-order valence-corrected chi connectivity index (χ3v) is 5.46. The van der Waals surface area contributed by atoms with E-state index in [1.165, 1.54) is 5.56 Å². The van der Waals surface area contributed by atoms with Crippen LogP contribution in [0.5, 0.6) is 0 Å². The van der Waals surface area contributed by atoms with Crippen molar-refractivity contribution in [2.45, 2.75) is 30.2 Å². The van der Waals surface area contributed by atoms with Crippen molar-refractivity contribution in [3.63, 3.8) is 0 Å². The number of carbonyl (C=O) groups excluding carboxylic acids is 1. The monoisotopic (exact) mass is 431 g/mol. The molecule has 3 aromatic rings. The highest BCUT2D eigenvalue weighted by atomic mass is 79.9. The highest BCUT2D eigenvalue weighted by Gasteiger charge is 2.23. The first kappa shape index (κ1) is 18.7. The van der Waals surface area contributed by atoms with Crippen molar-refractivity contribution in [2.24, 2.45) is 5.73 Å². The smallest absolute Gasteiger partial charge is 0.277 e. The van der Waals surface area contributed by atoms with Gasteiger partial charge in [-0.25, -0.2) is 0 Å². The number of amides is 1. The lowest BCUT2D eigenvalue weighted by Gasteiger charge is -2.11. The van der Waals surface area contributed by atoms with Gasteiger partial charge in [0.1, 0.15) is 5.25 Å². The Bertz CT molecular complexity index is 909. The van der Waals surface area contributed by atoms with Crippen LogP contribution in [0.25, 0.3) is 11.5 Å². The van der Waals surface area contributed by atoms with Gasteiger partial charge in [-0.3, -0.25) is 4.79 Å². The molecule has 3 rings (SSSR count). The summed E-state index contributed by atoms with van der Waals surface area (Å²) in [5, 5.41) is 7.83. The fourth-order valence-corrected chi connectivity index (χ4v) is 3.68. The van der Waals surface area contributed by atoms with Crippen LogP contribution in [-0.2, 0) is 4.79 Å². The first-order chi connectivity index (χ1) is 12.4. The Balaban J connectivity index is 1.81. The van der Waals surface area contributed by atoms with Crippen LogP contribution in [0.4, 0.5) is 0 Å². The van der Waals surface area contributed by atoms with Gasteiger partial charge in [-0.15, -0.1) is 10.2 Å². The van der Waals surface area contributed by atoms with E-state index < -0.39 is 11.2 Å². The van der Waals surface area contributed by atoms with Gasteiger partial charge in [0.2, 0.25) is 11.8 Å². The summed E-state index contributed by atoms with van der Waals surface area (Å²) in [7, 11) is 0. The molecule has 0 saturated carbocycles. The lowest BCUT2D eigenvalue weighted by Crippen LogP contribution is -2.18. The number of hydrogen-bond acceptors (Lipinski definition) is 5. The van der Waals surface area contributed by atoms with Gasteiger partial charge in [0.15, 0.2) is 0 Å². The molecular weight excluding hydrogens is 414 g/mol. The van der Waals surface area contributed by atoms with E-state index in [1.807, 2.05) is 48.5 Å². The normalized spacial score (nSPS) is 12.3. The first-order valence-corrected chi connectivity index (χ1v) is 9.76. The number of primary amides is 1. The van der Waals surface area contributed by atoms with Crippen molar-refractivity contribution in [3.05, 3.63) is 64.1 Å². The van der Waals surface area contributed by atoms with E-state index in [9.17, 15) is 4.79 Å². The minimum atomic E-state index is -0.607. The topological polar surface area (TPSA) is 82.0 Å². The Morgan fingerprint density at radius 2 is 1.85 bits per heavy atom. The molecule has 0 aliphatic heterocycles. The summed E-state index contributed by atoms with van der Waals surface area (Å²) in [4.78, 5) is 11.9. The predicted octanol–water partition coefficient (Wildman–Crippen LogP) is 4.94. The summed E-state index contributed by atoms with van der Waals surface area (Å²) in [5.74, 6) is 0.411. The van der Waals surface area contributed by atoms with Crippen LogP contribution >= 0.6 is 27.7 Å². The summed E-state index contributed by atoms with van der Waals surface area (Å²) in [6, 6.07) is 15.4. The van der Waals surface area contributed by atoms with E-state index in [0.29, 0.717) is 17.0 Å². The van der Waals surface area contributed by atoms with Gasteiger partial charge in [-0.2, -0.15) is 0 Å². The highest BCUT2D eigenvalue weighted by Crippen LogP contribution is 2.36. The quantitative estimate of drug-likeness (QED) is 0.558. The molecule has 1 unspecified atom stereocenters. The van der Waals surface area contributed by atoms with E-state index >= 15 is 0 Å². The zero-order chi connectivity index (χ0) is 18.7. The maximum atomic E-state index is 11.9. The van der Waals surface area contributed by atoms with Gasteiger partial charge in [0.05, 0.1) is 0 Å². The minimum absolute atomic E-state index is 0.303. The standard InChI is InChI=1S/C19H18BrN3O2S/c1-11(2)12-6-8-13(9-7-12)18-22-23-19(25-18)26-16(17(21)24)14-4-3-5-15(20)10-14/h3-11,16H,1-2H3,(H2,21,24). The number of nitrogens with zero attached hydrogens (tertiary/aromatic N) is 2. The molecule has 0 spiro atoms. The molecule has 2 N–H and O–H groups in total. The number of thioether (sulfide) groups is 1. The number of nitrogens with two attached hydrogens (primary N) is 1. The van der Waals surface area contributed by atoms with Gasteiger partial charge in [-0.05, 0) is 53.1 Å². The van der Waals surface area contributed by atoms with E-state index in [2.05, 4.69) is 40.0 Å². The number of rotatable bonds is 6. The van der Waals surface area contributed by atoms with E-state index in [1.54, 1.807) is 0 Å². The largest absolute Gasteiger partial charge is 0.411 e. The van der Waals surface area contributed by atoms with Crippen molar-refractivity contribution in [1.29, 1.82) is 0 Å². The second-order valence-corrected chi connectivity index (χ2v) is 8.08. The molecule has 1 atom stereocenters. The van der Waals surface area contributed by atoms with Crippen LogP contribution < -0.4 is 5.73 Å². The SMILES string of the molecule is CC(C)c1ccc(-c2nnc(SC(C(N)=O)c3cccc(Br)c3)o2)cc1. The van der Waals surface area contributed by atoms with Gasteiger partial charge in [-0.1, -0.05) is 54.0 Å². The average molecular weight is 432 g/mol. The van der Waals surface area contributed by atoms with Crippen LogP contribution in [0.3, 0.4) is 0 Å². The van der Waals surface area contributed by atoms with Crippen molar-refractivity contribution in [3.8, 4) is 11.5 Å². The molecule has 1 aromatic heterocycles. The minimum Gasteiger partial charge on any atom is -0.411 e. The summed E-state index contributed by atoms with van der Waals surface area (Å²) in [6.07, 6.45) is 0. The third kappa shape index (κ3) is 4.34. The second kappa shape index (κ2) is 8.05. The fraction of sp³-hybridized carbons (Fsp3) is 0.211. The number of carbonyl (C=O) groups is 1. The molecule has 0 bridgehead atoms. The molecule has 0 radical (unpaired) electrons. The molecule has 26 heavy (non-hydrogen) atoms. The lowest BCUT2D eigenvalue weighted by molar-refractivity contribution is -0.117. The van der Waals surface area contributed by atoms with E-state index in [4.69, 9.17) is 10.2 Å². The van der Waals surface area contributed by atoms with Crippen molar-refractivity contribution in [2.75, 3.05) is 0 Å². The molecule has 0 fully saturated rings. The molecule has 0 aliphatic rings. The molecule has 5 nitrogen and oxygen atoms in total. The van der Waals surface area contributed by atoms with Crippen LogP contribution in [0, 0.1) is 0 Å². The summed E-state index contributed by atoms with van der Waals surface area (Å²) < 4.78 is 6.60. The van der Waals surface area contributed by atoms with Crippen molar-refractivity contribution >= 4 is 33.6 Å². The zero-order valence-electron chi connectivity index (χ0n) is 14.3. The van der Waals surface area contributed by atoms with E-state index in [0.717, 1.165) is 27.4 Å². The lowest BCUT2D eigenvalue weighted by atomic mass is 10.0. The maximum Gasteiger partial charge on any atom is 0.277 e. The van der Waals surface area contributed by atoms with Crippen LogP contribution in [0.2, 0.25) is 0 Å². The average Bonchev–Trinajstić information content (AvgIpc) is 3.08. The molecule has 1 amide bonds. The molecule has 134 valence electrons. The third-order valence-electron chi connectivity index (χ3n) is 3.86. The van der Waals surface area contributed by atoms with Gasteiger partial charge in [0.25, 0.3) is 5.22 Å². The molecule has 0 saturated heterocycles.